The van der Waals surface area contributed by atoms with E-state index in [1.54, 1.807) is 18.2 Å². The number of nitriles is 1. The smallest absolute Gasteiger partial charge is 0.166 e. The summed E-state index contributed by atoms with van der Waals surface area (Å²) < 4.78 is 12.2. The minimum atomic E-state index is -0.735. The Labute approximate surface area is 127 Å². The van der Waals surface area contributed by atoms with Gasteiger partial charge >= 0.3 is 0 Å². The van der Waals surface area contributed by atoms with Crippen LogP contribution in [-0.2, 0) is 10.8 Å². The highest BCUT2D eigenvalue weighted by molar-refractivity contribution is 7.86. The van der Waals surface area contributed by atoms with Crippen molar-refractivity contribution < 1.29 is 9.00 Å². The third-order valence-electron chi connectivity index (χ3n) is 4.80. The van der Waals surface area contributed by atoms with Gasteiger partial charge in [-0.2, -0.15) is 5.26 Å². The van der Waals surface area contributed by atoms with Gasteiger partial charge in [-0.25, -0.2) is 0 Å². The van der Waals surface area contributed by atoms with Crippen LogP contribution >= 0.6 is 0 Å². The van der Waals surface area contributed by atoms with Gasteiger partial charge in [0.15, 0.2) is 5.78 Å². The van der Waals surface area contributed by atoms with Crippen molar-refractivity contribution in [2.75, 3.05) is 0 Å². The van der Waals surface area contributed by atoms with E-state index in [1.165, 1.54) is 0 Å². The van der Waals surface area contributed by atoms with Crippen LogP contribution in [0.2, 0.25) is 0 Å². The molecule has 4 heteroatoms. The first-order chi connectivity index (χ1) is 10.1. The Balaban J connectivity index is 1.83. The maximum atomic E-state index is 12.8. The number of benzene rings is 1. The van der Waals surface area contributed by atoms with Crippen LogP contribution in [0, 0.1) is 24.2 Å². The molecule has 1 aromatic rings. The molecule has 3 nitrogen and oxygen atoms in total. The lowest BCUT2D eigenvalue weighted by Gasteiger charge is -2.37. The van der Waals surface area contributed by atoms with Crippen LogP contribution in [0.3, 0.4) is 0 Å². The van der Waals surface area contributed by atoms with Crippen molar-refractivity contribution in [1.82, 2.24) is 0 Å². The van der Waals surface area contributed by atoms with Gasteiger partial charge in [-0.1, -0.05) is 6.42 Å². The molecule has 0 amide bonds. The first kappa shape index (κ1) is 14.5. The number of hydrogen-bond acceptors (Lipinski definition) is 3. The molecule has 0 saturated carbocycles. The third-order valence-corrected chi connectivity index (χ3v) is 6.97. The van der Waals surface area contributed by atoms with Crippen molar-refractivity contribution in [1.29, 1.82) is 5.26 Å². The van der Waals surface area contributed by atoms with Crippen LogP contribution in [0.15, 0.2) is 18.2 Å². The van der Waals surface area contributed by atoms with Gasteiger partial charge in [0.1, 0.15) is 0 Å². The number of rotatable bonds is 2. The van der Waals surface area contributed by atoms with Crippen molar-refractivity contribution in [3.63, 3.8) is 0 Å². The average molecular weight is 301 g/mol. The fraction of sp³-hybridized carbons (Fsp3) is 0.529. The Morgan fingerprint density at radius 1 is 1.29 bits per heavy atom. The SMILES string of the molecule is Cc1cc(C#N)ccc1C(=O)C1CC2CCCC(C1)S2=O. The van der Waals surface area contributed by atoms with Crippen molar-refractivity contribution >= 4 is 16.6 Å². The Morgan fingerprint density at radius 2 is 1.95 bits per heavy atom. The number of aryl methyl sites for hydroxylation is 1. The first-order valence-electron chi connectivity index (χ1n) is 7.54. The molecule has 1 aromatic carbocycles. The number of fused-ring (bicyclic) bond motifs is 2. The minimum absolute atomic E-state index is 0.00429. The first-order valence-corrected chi connectivity index (χ1v) is 8.82. The van der Waals surface area contributed by atoms with Crippen molar-refractivity contribution in [2.24, 2.45) is 5.92 Å². The summed E-state index contributed by atoms with van der Waals surface area (Å²) in [7, 11) is -0.735. The molecule has 2 fully saturated rings. The topological polar surface area (TPSA) is 57.9 Å². The quantitative estimate of drug-likeness (QED) is 0.789. The number of carbonyl (C=O) groups is 1. The molecule has 2 saturated heterocycles. The number of Topliss-reactive ketones (excluding diaryl/α,β-unsaturated/α-hetero) is 1. The van der Waals surface area contributed by atoms with Crippen molar-refractivity contribution in [3.05, 3.63) is 34.9 Å². The van der Waals surface area contributed by atoms with E-state index in [9.17, 15) is 9.00 Å². The fourth-order valence-corrected chi connectivity index (χ4v) is 5.86. The molecule has 0 spiro atoms. The van der Waals surface area contributed by atoms with Crippen LogP contribution in [0.5, 0.6) is 0 Å². The number of hydrogen-bond donors (Lipinski definition) is 0. The molecule has 2 aliphatic rings. The second kappa shape index (κ2) is 5.73. The summed E-state index contributed by atoms with van der Waals surface area (Å²) in [6, 6.07) is 7.36. The van der Waals surface area contributed by atoms with Gasteiger partial charge in [0, 0.05) is 32.8 Å². The van der Waals surface area contributed by atoms with E-state index in [4.69, 9.17) is 5.26 Å². The maximum Gasteiger partial charge on any atom is 0.166 e. The van der Waals surface area contributed by atoms with Crippen LogP contribution in [0.4, 0.5) is 0 Å². The van der Waals surface area contributed by atoms with E-state index in [-0.39, 0.29) is 22.2 Å². The second-order valence-corrected chi connectivity index (χ2v) is 8.17. The van der Waals surface area contributed by atoms with Gasteiger partial charge < -0.3 is 0 Å². The lowest BCUT2D eigenvalue weighted by Crippen LogP contribution is -2.41. The summed E-state index contributed by atoms with van der Waals surface area (Å²) in [5, 5.41) is 9.34. The Bertz CT molecular complexity index is 631. The van der Waals surface area contributed by atoms with Gasteiger partial charge in [-0.3, -0.25) is 9.00 Å². The normalized spacial score (nSPS) is 31.4. The minimum Gasteiger partial charge on any atom is -0.294 e. The van der Waals surface area contributed by atoms with Gasteiger partial charge in [0.05, 0.1) is 11.6 Å². The van der Waals surface area contributed by atoms with E-state index < -0.39 is 10.8 Å². The molecule has 2 aliphatic heterocycles. The summed E-state index contributed by atoms with van der Waals surface area (Å²) >= 11 is 0. The van der Waals surface area contributed by atoms with Gasteiger partial charge in [-0.15, -0.1) is 0 Å². The van der Waals surface area contributed by atoms with Crippen LogP contribution in [-0.4, -0.2) is 20.5 Å². The maximum absolute atomic E-state index is 12.8. The van der Waals surface area contributed by atoms with Gasteiger partial charge in [-0.05, 0) is 56.4 Å². The molecule has 110 valence electrons. The predicted octanol–water partition coefficient (Wildman–Crippen LogP) is 3.13. The lowest BCUT2D eigenvalue weighted by atomic mass is 9.83. The zero-order valence-corrected chi connectivity index (χ0v) is 13.0. The third kappa shape index (κ3) is 2.67. The standard InChI is InChI=1S/C17H19NO2S/c1-11-7-12(10-18)5-6-16(11)17(19)13-8-14-3-2-4-15(9-13)21(14)20/h5-7,13-15H,2-4,8-9H2,1H3. The molecule has 0 N–H and O–H groups in total. The van der Waals surface area contributed by atoms with Gasteiger partial charge in [0.25, 0.3) is 0 Å². The van der Waals surface area contributed by atoms with E-state index in [0.717, 1.165) is 43.2 Å². The summed E-state index contributed by atoms with van der Waals surface area (Å²) in [6.45, 7) is 1.88. The molecule has 0 aliphatic carbocycles. The summed E-state index contributed by atoms with van der Waals surface area (Å²) in [5.41, 5.74) is 2.19. The molecule has 2 bridgehead atoms. The molecule has 2 heterocycles. The Kier molecular flexibility index (Phi) is 3.95. The van der Waals surface area contributed by atoms with Crippen molar-refractivity contribution in [2.45, 2.75) is 49.5 Å². The molecule has 2 unspecified atom stereocenters. The Hall–Kier alpha value is -1.47. The van der Waals surface area contributed by atoms with E-state index >= 15 is 0 Å². The molecule has 2 atom stereocenters. The molecule has 0 radical (unpaired) electrons. The molecular formula is C17H19NO2S. The van der Waals surface area contributed by atoms with Crippen LogP contribution in [0.25, 0.3) is 0 Å². The zero-order chi connectivity index (χ0) is 15.0. The predicted molar refractivity (Wildman–Crippen MR) is 82.5 cm³/mol. The van der Waals surface area contributed by atoms with Crippen LogP contribution < -0.4 is 0 Å². The largest absolute Gasteiger partial charge is 0.294 e. The highest BCUT2D eigenvalue weighted by atomic mass is 32.2. The highest BCUT2D eigenvalue weighted by Gasteiger charge is 2.40. The van der Waals surface area contributed by atoms with E-state index in [1.807, 2.05) is 6.92 Å². The second-order valence-electron chi connectivity index (χ2n) is 6.18. The molecular weight excluding hydrogens is 282 g/mol. The van der Waals surface area contributed by atoms with E-state index in [2.05, 4.69) is 6.07 Å². The zero-order valence-electron chi connectivity index (χ0n) is 12.2. The van der Waals surface area contributed by atoms with E-state index in [0.29, 0.717) is 5.56 Å². The molecule has 21 heavy (non-hydrogen) atoms. The monoisotopic (exact) mass is 301 g/mol. The lowest BCUT2D eigenvalue weighted by molar-refractivity contribution is 0.0894. The van der Waals surface area contributed by atoms with Crippen LogP contribution in [0.1, 0.15) is 53.6 Å². The Morgan fingerprint density at radius 3 is 2.52 bits per heavy atom. The van der Waals surface area contributed by atoms with Crippen molar-refractivity contribution in [3.8, 4) is 6.07 Å². The molecule has 0 aromatic heterocycles. The average Bonchev–Trinajstić information content (AvgIpc) is 2.46. The summed E-state index contributed by atoms with van der Waals surface area (Å²) in [4.78, 5) is 12.8. The summed E-state index contributed by atoms with van der Waals surface area (Å²) in [6.07, 6.45) is 4.68. The van der Waals surface area contributed by atoms with Gasteiger partial charge in [0.2, 0.25) is 0 Å². The number of carbonyl (C=O) groups excluding carboxylic acids is 1. The number of ketones is 1. The molecule has 3 rings (SSSR count). The fourth-order valence-electron chi connectivity index (χ4n) is 3.68. The number of nitrogens with zero attached hydrogens (tertiary/aromatic N) is 1. The summed E-state index contributed by atoms with van der Waals surface area (Å²) in [5.74, 6) is 0.176. The highest BCUT2D eigenvalue weighted by Crippen LogP contribution is 2.38.